The van der Waals surface area contributed by atoms with Crippen LogP contribution in [-0.4, -0.2) is 106 Å². The van der Waals surface area contributed by atoms with E-state index < -0.39 is 47.7 Å². The van der Waals surface area contributed by atoms with Gasteiger partial charge in [0.2, 0.25) is 11.8 Å². The zero-order chi connectivity index (χ0) is 76.2. The van der Waals surface area contributed by atoms with Crippen LogP contribution in [0.5, 0.6) is 69.3 Å². The largest absolute Gasteiger partial charge is 0.491 e. The zero-order valence-electron chi connectivity index (χ0n) is 62.9. The molecule has 4 aliphatic heterocycles. The fourth-order valence-electron chi connectivity index (χ4n) is 14.1. The number of amides is 4. The lowest BCUT2D eigenvalue weighted by molar-refractivity contribution is -0.140. The summed E-state index contributed by atoms with van der Waals surface area (Å²) in [4.78, 5) is 106. The maximum absolute atomic E-state index is 16.3. The lowest BCUT2D eigenvalue weighted by Crippen LogP contribution is -2.51. The molecule has 6 heterocycles. The summed E-state index contributed by atoms with van der Waals surface area (Å²) in [5.74, 6) is -3.26. The summed E-state index contributed by atoms with van der Waals surface area (Å²) < 4.78 is 63.7. The number of aromatic nitrogens is 2. The molecule has 0 spiro atoms. The third kappa shape index (κ3) is 13.8. The van der Waals surface area contributed by atoms with E-state index in [0.717, 1.165) is 32.1 Å². The Morgan fingerprint density at radius 3 is 0.870 bits per heavy atom. The highest BCUT2D eigenvalue weighted by Crippen LogP contribution is 2.58. The average molecular weight is 1450 g/mol. The molecule has 2 aromatic heterocycles. The summed E-state index contributed by atoms with van der Waals surface area (Å²) in [5.41, 5.74) is 2.73. The molecule has 0 bridgehead atoms. The van der Waals surface area contributed by atoms with Crippen molar-refractivity contribution in [2.24, 2.45) is 0 Å². The monoisotopic (exact) mass is 1450 g/mol. The minimum atomic E-state index is -1.53. The number of hydrogen-bond donors (Lipinski definition) is 0. The summed E-state index contributed by atoms with van der Waals surface area (Å²) in [7, 11) is 0. The second-order valence-corrected chi connectivity index (χ2v) is 32.0. The first-order valence-corrected chi connectivity index (χ1v) is 36.5. The van der Waals surface area contributed by atoms with Gasteiger partial charge < -0.3 is 47.4 Å². The molecule has 552 valence electrons. The van der Waals surface area contributed by atoms with Gasteiger partial charge in [-0.3, -0.25) is 29.0 Å². The molecule has 9 aromatic carbocycles. The number of imide groups is 2. The Balaban J connectivity index is 1.03. The Bertz CT molecular complexity index is 4860. The number of benzene rings is 9. The zero-order valence-corrected chi connectivity index (χ0v) is 62.9. The van der Waals surface area contributed by atoms with Gasteiger partial charge in [0, 0.05) is 67.6 Å². The van der Waals surface area contributed by atoms with E-state index in [-0.39, 0.29) is 160 Å². The molecule has 0 saturated carbocycles. The van der Waals surface area contributed by atoms with Gasteiger partial charge in [-0.15, -0.1) is 0 Å². The van der Waals surface area contributed by atoms with Crippen molar-refractivity contribution < 1.29 is 76.1 Å². The molecule has 2 fully saturated rings. The standard InChI is InChI=1S/C88H84N4O16/c1-15-63(83(97)107-69-37-55(33-35-89-69)99-43-57-45-101-57)91-79(93)59-39-65(103-51-25-17-47(18-26-51)85(3,4)5)73-75-67(105-53-29-21-49(22-30-53)87(9,10)11)41-61-72-62(82(96)92(81(61)95)64(16-2)84(98)108-70-38-56(34-36-90-70)100-44-58-46-102-58)42-68(106-54-31-23-50(24-32-54)88(12,13)14)76(78(72)75)74-66(40-60(80(91)94)71(59)77(73)74)104-52-27-19-48(20-28-52)86(6,7)8/h17-42,57-58,63-64H,15-16,43-46H2,1-14H3. The minimum Gasteiger partial charge on any atom is -0.491 e. The third-order valence-electron chi connectivity index (χ3n) is 20.2. The van der Waals surface area contributed by atoms with Gasteiger partial charge in [-0.05, 0) is 142 Å². The molecular formula is C88H84N4O16. The molecule has 4 amide bonds. The van der Waals surface area contributed by atoms with Crippen LogP contribution >= 0.6 is 0 Å². The molecule has 4 unspecified atom stereocenters. The molecule has 15 rings (SSSR count). The maximum atomic E-state index is 16.3. The molecule has 0 radical (unpaired) electrons. The quantitative estimate of drug-likeness (QED) is 0.0202. The van der Waals surface area contributed by atoms with Gasteiger partial charge in [-0.2, -0.15) is 0 Å². The Labute approximate surface area is 625 Å². The van der Waals surface area contributed by atoms with Crippen molar-refractivity contribution in [1.29, 1.82) is 0 Å². The van der Waals surface area contributed by atoms with E-state index in [0.29, 0.717) is 47.7 Å². The van der Waals surface area contributed by atoms with Crippen LogP contribution < -0.4 is 37.9 Å². The van der Waals surface area contributed by atoms with Crippen LogP contribution in [0, 0.1) is 0 Å². The molecule has 4 aliphatic rings. The number of carbonyl (C=O) groups is 6. The van der Waals surface area contributed by atoms with Crippen molar-refractivity contribution in [2.75, 3.05) is 26.4 Å². The van der Waals surface area contributed by atoms with Crippen LogP contribution in [0.15, 0.2) is 158 Å². The molecule has 20 nitrogen and oxygen atoms in total. The van der Waals surface area contributed by atoms with E-state index in [2.05, 4.69) is 93.1 Å². The number of nitrogens with zero attached hydrogens (tertiary/aromatic N) is 4. The number of ether oxygens (including phenoxy) is 10. The second-order valence-electron chi connectivity index (χ2n) is 32.0. The van der Waals surface area contributed by atoms with Gasteiger partial charge in [0.25, 0.3) is 23.6 Å². The Kier molecular flexibility index (Phi) is 18.3. The van der Waals surface area contributed by atoms with E-state index in [1.807, 2.05) is 97.1 Å². The highest BCUT2D eigenvalue weighted by atomic mass is 16.6. The Morgan fingerprint density at radius 1 is 0.380 bits per heavy atom. The Hall–Kier alpha value is -11.5. The van der Waals surface area contributed by atoms with Crippen molar-refractivity contribution in [3.8, 4) is 69.3 Å². The lowest BCUT2D eigenvalue weighted by atomic mass is 9.80. The van der Waals surface area contributed by atoms with Crippen LogP contribution in [0.3, 0.4) is 0 Å². The first kappa shape index (κ1) is 72.1. The van der Waals surface area contributed by atoms with Gasteiger partial charge in [-0.1, -0.05) is 145 Å². The van der Waals surface area contributed by atoms with Crippen LogP contribution in [0.25, 0.3) is 43.1 Å². The van der Waals surface area contributed by atoms with Crippen molar-refractivity contribution >= 4 is 78.7 Å². The molecule has 0 aliphatic carbocycles. The maximum Gasteiger partial charge on any atom is 0.336 e. The summed E-state index contributed by atoms with van der Waals surface area (Å²) >= 11 is 0. The predicted octanol–water partition coefficient (Wildman–Crippen LogP) is 18.4. The number of esters is 2. The topological polar surface area (TPSA) is 234 Å². The number of pyridine rings is 2. The van der Waals surface area contributed by atoms with Gasteiger partial charge in [0.05, 0.1) is 35.5 Å². The van der Waals surface area contributed by atoms with Crippen LogP contribution in [0.2, 0.25) is 0 Å². The SMILES string of the molecule is CCC(C(=O)Oc1cc(OCC2CO2)ccn1)N1C(=O)c2cc(Oc3ccc(C(C)(C)C)cc3)c3c4c(Oc5ccc(C(C)(C)C)cc5)cc5c6c(cc(Oc7ccc(C(C)(C)C)cc7)c(c7c(Oc8ccc(C(C)(C)C)cc8)cc(c2c37)C1=O)c64)C(=O)N(C(CC)C(=O)Oc1cc(OCC2CO2)ccn1)C5=O. The molecule has 108 heavy (non-hydrogen) atoms. The van der Waals surface area contributed by atoms with Gasteiger partial charge >= 0.3 is 11.9 Å². The molecular weight excluding hydrogens is 1370 g/mol. The molecule has 20 heteroatoms. The highest BCUT2D eigenvalue weighted by Gasteiger charge is 2.47. The van der Waals surface area contributed by atoms with Crippen LogP contribution in [0.1, 0.15) is 173 Å². The summed E-state index contributed by atoms with van der Waals surface area (Å²) in [6, 6.07) is 39.6. The van der Waals surface area contributed by atoms with E-state index in [4.69, 9.17) is 47.4 Å². The number of fused-ring (bicyclic) bond motifs is 2. The first-order chi connectivity index (χ1) is 51.4. The van der Waals surface area contributed by atoms with Crippen LogP contribution in [0.4, 0.5) is 0 Å². The number of hydrogen-bond acceptors (Lipinski definition) is 18. The van der Waals surface area contributed by atoms with E-state index in [9.17, 15) is 9.59 Å². The van der Waals surface area contributed by atoms with E-state index >= 15 is 19.2 Å². The van der Waals surface area contributed by atoms with Gasteiger partial charge in [0.1, 0.15) is 95.0 Å². The van der Waals surface area contributed by atoms with Gasteiger partial charge in [0.15, 0.2) is 0 Å². The van der Waals surface area contributed by atoms with Crippen molar-refractivity contribution in [1.82, 2.24) is 19.8 Å². The minimum absolute atomic E-state index is 0.0376. The van der Waals surface area contributed by atoms with E-state index in [1.165, 1.54) is 24.5 Å². The van der Waals surface area contributed by atoms with Gasteiger partial charge in [-0.25, -0.2) is 19.6 Å². The lowest BCUT2D eigenvalue weighted by Gasteiger charge is -2.35. The number of epoxide rings is 2. The molecule has 4 atom stereocenters. The fraction of sp³-hybridized carbons (Fsp3) is 0.318. The Morgan fingerprint density at radius 2 is 0.639 bits per heavy atom. The number of carbonyl (C=O) groups excluding carboxylic acids is 6. The molecule has 11 aromatic rings. The fourth-order valence-corrected chi connectivity index (χ4v) is 14.1. The summed E-state index contributed by atoms with van der Waals surface area (Å²) in [6.45, 7) is 30.2. The van der Waals surface area contributed by atoms with Crippen molar-refractivity contribution in [3.63, 3.8) is 0 Å². The molecule has 0 N–H and O–H groups in total. The highest BCUT2D eigenvalue weighted by molar-refractivity contribution is 6.45. The normalized spacial score (nSPS) is 16.3. The average Bonchev–Trinajstić information content (AvgIpc) is 1.01. The number of rotatable bonds is 22. The van der Waals surface area contributed by atoms with Crippen LogP contribution in [-0.2, 0) is 40.7 Å². The first-order valence-electron chi connectivity index (χ1n) is 36.5. The predicted molar refractivity (Wildman–Crippen MR) is 408 cm³/mol. The van der Waals surface area contributed by atoms with Crippen molar-refractivity contribution in [2.45, 2.75) is 156 Å². The van der Waals surface area contributed by atoms with Crippen molar-refractivity contribution in [3.05, 3.63) is 202 Å². The summed E-state index contributed by atoms with van der Waals surface area (Å²) in [6.07, 6.45) is 2.55. The summed E-state index contributed by atoms with van der Waals surface area (Å²) in [5, 5.41) is 1.87. The molecule has 2 saturated heterocycles. The smallest absolute Gasteiger partial charge is 0.336 e. The third-order valence-corrected chi connectivity index (χ3v) is 20.2. The second kappa shape index (κ2) is 27.4. The van der Waals surface area contributed by atoms with E-state index in [1.54, 1.807) is 50.2 Å².